The van der Waals surface area contributed by atoms with Crippen LogP contribution in [0.4, 0.5) is 0 Å². The number of rotatable bonds is 1. The van der Waals surface area contributed by atoms with Crippen molar-refractivity contribution in [2.75, 3.05) is 0 Å². The quantitative estimate of drug-likeness (QED) is 0.657. The Hall–Kier alpha value is -1.82. The number of para-hydroxylation sites is 1. The molecule has 2 rings (SSSR count). The zero-order valence-corrected chi connectivity index (χ0v) is 7.36. The summed E-state index contributed by atoms with van der Waals surface area (Å²) in [4.78, 5) is 4.21. The molecule has 1 aromatic heterocycles. The fourth-order valence-corrected chi connectivity index (χ4v) is 1.46. The van der Waals surface area contributed by atoms with Crippen LogP contribution in [0.25, 0.3) is 11.0 Å². The Bertz CT molecular complexity index is 476. The average molecular weight is 171 g/mol. The van der Waals surface area contributed by atoms with Gasteiger partial charge < -0.3 is 4.57 Å². The number of fused-ring (bicyclic) bond motifs is 1. The molecule has 0 fully saturated rings. The Morgan fingerprint density at radius 2 is 2.38 bits per heavy atom. The molecule has 0 radical (unpaired) electrons. The highest BCUT2D eigenvalue weighted by Crippen LogP contribution is 2.16. The third kappa shape index (κ3) is 1.07. The van der Waals surface area contributed by atoms with Crippen molar-refractivity contribution in [2.24, 2.45) is 0 Å². The van der Waals surface area contributed by atoms with Crippen LogP contribution in [0, 0.1) is 11.3 Å². The maximum absolute atomic E-state index is 8.88. The molecular weight excluding hydrogens is 162 g/mol. The van der Waals surface area contributed by atoms with Crippen LogP contribution in [0.15, 0.2) is 24.5 Å². The van der Waals surface area contributed by atoms with Crippen LogP contribution >= 0.6 is 0 Å². The van der Waals surface area contributed by atoms with Crippen molar-refractivity contribution in [1.82, 2.24) is 9.55 Å². The highest BCUT2D eigenvalue weighted by atomic mass is 15.0. The van der Waals surface area contributed by atoms with Crippen molar-refractivity contribution >= 4 is 11.0 Å². The summed E-state index contributed by atoms with van der Waals surface area (Å²) in [5.41, 5.74) is 2.52. The average Bonchev–Trinajstić information content (AvgIpc) is 2.60. The second-order valence-corrected chi connectivity index (χ2v) is 2.82. The predicted molar refractivity (Wildman–Crippen MR) is 50.1 cm³/mol. The lowest BCUT2D eigenvalue weighted by atomic mass is 10.2. The van der Waals surface area contributed by atoms with Gasteiger partial charge in [0.05, 0.1) is 22.9 Å². The summed E-state index contributed by atoms with van der Waals surface area (Å²) in [6, 6.07) is 7.76. The molecule has 0 aliphatic rings. The first kappa shape index (κ1) is 7.81. The Labute approximate surface area is 76.2 Å². The summed E-state index contributed by atoms with van der Waals surface area (Å²) in [5, 5.41) is 8.88. The number of hydrogen-bond donors (Lipinski definition) is 0. The summed E-state index contributed by atoms with van der Waals surface area (Å²) in [5.74, 6) is 0. The smallest absolute Gasteiger partial charge is 0.101 e. The van der Waals surface area contributed by atoms with E-state index in [0.717, 1.165) is 17.6 Å². The van der Waals surface area contributed by atoms with Crippen molar-refractivity contribution in [3.63, 3.8) is 0 Å². The van der Waals surface area contributed by atoms with Gasteiger partial charge in [0.1, 0.15) is 6.07 Å². The maximum Gasteiger partial charge on any atom is 0.101 e. The van der Waals surface area contributed by atoms with Gasteiger partial charge in [0.25, 0.3) is 0 Å². The van der Waals surface area contributed by atoms with Crippen LogP contribution in [0.5, 0.6) is 0 Å². The zero-order chi connectivity index (χ0) is 9.26. The molecule has 64 valence electrons. The third-order valence-electron chi connectivity index (χ3n) is 2.10. The highest BCUT2D eigenvalue weighted by Gasteiger charge is 2.04. The van der Waals surface area contributed by atoms with Crippen LogP contribution in [0.2, 0.25) is 0 Å². The number of aryl methyl sites for hydroxylation is 1. The fourth-order valence-electron chi connectivity index (χ4n) is 1.46. The van der Waals surface area contributed by atoms with E-state index in [9.17, 15) is 0 Å². The lowest BCUT2D eigenvalue weighted by Gasteiger charge is -1.99. The molecule has 0 amide bonds. The summed E-state index contributed by atoms with van der Waals surface area (Å²) in [6.07, 6.45) is 1.77. The zero-order valence-electron chi connectivity index (χ0n) is 7.36. The first-order chi connectivity index (χ1) is 6.36. The molecule has 3 nitrogen and oxygen atoms in total. The normalized spacial score (nSPS) is 10.2. The van der Waals surface area contributed by atoms with Crippen molar-refractivity contribution < 1.29 is 0 Å². The number of benzene rings is 1. The van der Waals surface area contributed by atoms with E-state index in [1.807, 2.05) is 29.7 Å². The number of nitriles is 1. The van der Waals surface area contributed by atoms with Gasteiger partial charge in [-0.1, -0.05) is 6.07 Å². The molecule has 2 aromatic rings. The van der Waals surface area contributed by atoms with Gasteiger partial charge in [-0.15, -0.1) is 0 Å². The molecule has 0 aliphatic carbocycles. The topological polar surface area (TPSA) is 41.6 Å². The first-order valence-corrected chi connectivity index (χ1v) is 4.20. The molecule has 0 saturated heterocycles. The molecule has 1 aromatic carbocycles. The number of hydrogen-bond acceptors (Lipinski definition) is 2. The minimum Gasteiger partial charge on any atom is -0.330 e. The summed E-state index contributed by atoms with van der Waals surface area (Å²) >= 11 is 0. The maximum atomic E-state index is 8.88. The first-order valence-electron chi connectivity index (χ1n) is 4.20. The lowest BCUT2D eigenvalue weighted by molar-refractivity contribution is 0.786. The summed E-state index contributed by atoms with van der Waals surface area (Å²) < 4.78 is 1.98. The molecule has 0 spiro atoms. The predicted octanol–water partition coefficient (Wildman–Crippen LogP) is 1.93. The SMILES string of the molecule is CCn1cnc2cccc(C#N)c21. The van der Waals surface area contributed by atoms with Gasteiger partial charge in [-0.05, 0) is 19.1 Å². The Kier molecular flexibility index (Phi) is 1.75. The van der Waals surface area contributed by atoms with Gasteiger partial charge in [-0.3, -0.25) is 0 Å². The molecule has 1 heterocycles. The Morgan fingerprint density at radius 1 is 1.54 bits per heavy atom. The monoisotopic (exact) mass is 171 g/mol. The van der Waals surface area contributed by atoms with Crippen molar-refractivity contribution in [1.29, 1.82) is 5.26 Å². The van der Waals surface area contributed by atoms with E-state index in [1.165, 1.54) is 0 Å². The summed E-state index contributed by atoms with van der Waals surface area (Å²) in [7, 11) is 0. The lowest BCUT2D eigenvalue weighted by Crippen LogP contribution is -1.92. The van der Waals surface area contributed by atoms with Gasteiger partial charge in [0.2, 0.25) is 0 Å². The van der Waals surface area contributed by atoms with Crippen LogP contribution < -0.4 is 0 Å². The molecule has 0 atom stereocenters. The van der Waals surface area contributed by atoms with E-state index in [1.54, 1.807) is 6.33 Å². The van der Waals surface area contributed by atoms with Crippen LogP contribution in [0.3, 0.4) is 0 Å². The van der Waals surface area contributed by atoms with E-state index in [2.05, 4.69) is 11.1 Å². The third-order valence-corrected chi connectivity index (χ3v) is 2.10. The number of aromatic nitrogens is 2. The highest BCUT2D eigenvalue weighted by molar-refractivity contribution is 5.81. The van der Waals surface area contributed by atoms with E-state index in [-0.39, 0.29) is 0 Å². The van der Waals surface area contributed by atoms with E-state index in [0.29, 0.717) is 5.56 Å². The second kappa shape index (κ2) is 2.91. The largest absolute Gasteiger partial charge is 0.330 e. The van der Waals surface area contributed by atoms with Crippen molar-refractivity contribution in [2.45, 2.75) is 13.5 Å². The van der Waals surface area contributed by atoms with Crippen LogP contribution in [-0.4, -0.2) is 9.55 Å². The van der Waals surface area contributed by atoms with E-state index >= 15 is 0 Å². The second-order valence-electron chi connectivity index (χ2n) is 2.82. The van der Waals surface area contributed by atoms with Gasteiger partial charge in [0.15, 0.2) is 0 Å². The minimum absolute atomic E-state index is 0.692. The van der Waals surface area contributed by atoms with Crippen LogP contribution in [0.1, 0.15) is 12.5 Å². The number of imidazole rings is 1. The molecule has 0 saturated carbocycles. The molecule has 0 aliphatic heterocycles. The molecule has 13 heavy (non-hydrogen) atoms. The number of nitrogens with zero attached hydrogens (tertiary/aromatic N) is 3. The molecular formula is C10H9N3. The van der Waals surface area contributed by atoms with Crippen molar-refractivity contribution in [3.05, 3.63) is 30.1 Å². The van der Waals surface area contributed by atoms with E-state index in [4.69, 9.17) is 5.26 Å². The van der Waals surface area contributed by atoms with Gasteiger partial charge in [0, 0.05) is 6.54 Å². The Balaban J connectivity index is 2.85. The van der Waals surface area contributed by atoms with Gasteiger partial charge >= 0.3 is 0 Å². The standard InChI is InChI=1S/C10H9N3/c1-2-13-7-12-9-5-3-4-8(6-11)10(9)13/h3-5,7H,2H2,1H3. The van der Waals surface area contributed by atoms with Gasteiger partial charge in [-0.25, -0.2) is 4.98 Å². The van der Waals surface area contributed by atoms with Crippen molar-refractivity contribution in [3.8, 4) is 6.07 Å². The molecule has 0 bridgehead atoms. The van der Waals surface area contributed by atoms with Crippen LogP contribution in [-0.2, 0) is 6.54 Å². The van der Waals surface area contributed by atoms with Gasteiger partial charge in [-0.2, -0.15) is 5.26 Å². The minimum atomic E-state index is 0.692. The molecule has 0 unspecified atom stereocenters. The van der Waals surface area contributed by atoms with E-state index < -0.39 is 0 Å². The molecule has 0 N–H and O–H groups in total. The Morgan fingerprint density at radius 3 is 3.08 bits per heavy atom. The fraction of sp³-hybridized carbons (Fsp3) is 0.200. The molecule has 3 heteroatoms. The summed E-state index contributed by atoms with van der Waals surface area (Å²) in [6.45, 7) is 2.88.